The molecule has 0 N–H and O–H groups in total. The Kier molecular flexibility index (Phi) is 8.55. The molecule has 0 aliphatic heterocycles. The number of hydrogen-bond donors (Lipinski definition) is 0. The van der Waals surface area contributed by atoms with Crippen molar-refractivity contribution in [1.29, 1.82) is 0 Å². The number of ether oxygens (including phenoxy) is 2. The Hall–Kier alpha value is -0.830. The van der Waals surface area contributed by atoms with Crippen LogP contribution in [0.2, 0.25) is 0 Å². The van der Waals surface area contributed by atoms with Crippen molar-refractivity contribution in [3.8, 4) is 0 Å². The molecule has 0 heterocycles. The van der Waals surface area contributed by atoms with E-state index in [1.54, 1.807) is 0 Å². The van der Waals surface area contributed by atoms with Crippen LogP contribution in [0.1, 0.15) is 64.7 Å². The van der Waals surface area contributed by atoms with Gasteiger partial charge < -0.3 is 9.47 Å². The highest BCUT2D eigenvalue weighted by molar-refractivity contribution is 5.81. The van der Waals surface area contributed by atoms with Crippen molar-refractivity contribution in [2.45, 2.75) is 76.9 Å². The van der Waals surface area contributed by atoms with E-state index in [2.05, 4.69) is 13.5 Å². The van der Waals surface area contributed by atoms with E-state index in [9.17, 15) is 4.79 Å². The number of carbonyl (C=O) groups excluding carboxylic acids is 1. The average Bonchev–Trinajstić information content (AvgIpc) is 2.44. The molecule has 1 fully saturated rings. The van der Waals surface area contributed by atoms with Crippen LogP contribution in [0.15, 0.2) is 12.7 Å². The zero-order chi connectivity index (χ0) is 13.9. The van der Waals surface area contributed by atoms with Crippen LogP contribution in [0.25, 0.3) is 0 Å². The van der Waals surface area contributed by atoms with Crippen molar-refractivity contribution in [2.24, 2.45) is 0 Å². The van der Waals surface area contributed by atoms with Crippen LogP contribution in [-0.4, -0.2) is 24.8 Å². The van der Waals surface area contributed by atoms with Gasteiger partial charge in [0.1, 0.15) is 6.10 Å². The summed E-state index contributed by atoms with van der Waals surface area (Å²) in [4.78, 5) is 11.3. The third-order valence-electron chi connectivity index (χ3n) is 3.66. The first kappa shape index (κ1) is 16.2. The molecule has 1 rings (SSSR count). The maximum absolute atomic E-state index is 11.3. The maximum atomic E-state index is 11.3. The summed E-state index contributed by atoms with van der Waals surface area (Å²) >= 11 is 0. The molecule has 2 atom stereocenters. The van der Waals surface area contributed by atoms with Gasteiger partial charge in [-0.05, 0) is 25.7 Å². The minimum absolute atomic E-state index is 0.0742. The second-order valence-corrected chi connectivity index (χ2v) is 5.29. The van der Waals surface area contributed by atoms with Crippen LogP contribution in [0.3, 0.4) is 0 Å². The monoisotopic (exact) mass is 268 g/mol. The van der Waals surface area contributed by atoms with E-state index in [4.69, 9.17) is 9.47 Å². The molecule has 1 saturated carbocycles. The number of rotatable bonds is 9. The van der Waals surface area contributed by atoms with Crippen LogP contribution >= 0.6 is 0 Å². The van der Waals surface area contributed by atoms with Gasteiger partial charge in [-0.1, -0.05) is 45.6 Å². The average molecular weight is 268 g/mol. The number of unbranched alkanes of at least 4 members (excludes halogenated alkanes) is 4. The molecule has 0 aromatic rings. The minimum Gasteiger partial charge on any atom is -0.456 e. The molecule has 0 aromatic carbocycles. The molecule has 110 valence electrons. The van der Waals surface area contributed by atoms with Crippen molar-refractivity contribution in [2.75, 3.05) is 6.61 Å². The Balaban J connectivity index is 2.20. The smallest absolute Gasteiger partial charge is 0.330 e. The fraction of sp³-hybridized carbons (Fsp3) is 0.812. The molecule has 0 bridgehead atoms. The molecule has 3 nitrogen and oxygen atoms in total. The van der Waals surface area contributed by atoms with Crippen LogP contribution in [-0.2, 0) is 14.3 Å². The molecule has 1 aliphatic rings. The van der Waals surface area contributed by atoms with Crippen molar-refractivity contribution >= 4 is 5.97 Å². The summed E-state index contributed by atoms with van der Waals surface area (Å²) in [5.41, 5.74) is 0. The Bertz CT molecular complexity index is 263. The highest BCUT2D eigenvalue weighted by atomic mass is 16.6. The Morgan fingerprint density at radius 1 is 1.16 bits per heavy atom. The van der Waals surface area contributed by atoms with Gasteiger partial charge in [-0.25, -0.2) is 4.79 Å². The van der Waals surface area contributed by atoms with Crippen molar-refractivity contribution in [3.05, 3.63) is 12.7 Å². The third-order valence-corrected chi connectivity index (χ3v) is 3.66. The van der Waals surface area contributed by atoms with Crippen LogP contribution < -0.4 is 0 Å². The van der Waals surface area contributed by atoms with Crippen LogP contribution in [0, 0.1) is 0 Å². The van der Waals surface area contributed by atoms with Gasteiger partial charge in [0.25, 0.3) is 0 Å². The predicted octanol–water partition coefficient (Wildman–Crippen LogP) is 4.01. The fourth-order valence-electron chi connectivity index (χ4n) is 2.53. The summed E-state index contributed by atoms with van der Waals surface area (Å²) in [6.45, 7) is 6.45. The Labute approximate surface area is 117 Å². The Morgan fingerprint density at radius 2 is 1.84 bits per heavy atom. The molecule has 1 aliphatic carbocycles. The third kappa shape index (κ3) is 6.76. The normalized spacial score (nSPS) is 23.0. The lowest BCUT2D eigenvalue weighted by molar-refractivity contribution is -0.155. The van der Waals surface area contributed by atoms with Crippen LogP contribution in [0.4, 0.5) is 0 Å². The SMILES string of the molecule is C=CC(=O)OC1CCCCC1OCCCCCCC. The molecule has 19 heavy (non-hydrogen) atoms. The number of esters is 1. The van der Waals surface area contributed by atoms with Gasteiger partial charge in [0.05, 0.1) is 6.10 Å². The van der Waals surface area contributed by atoms with Crippen molar-refractivity contribution in [1.82, 2.24) is 0 Å². The van der Waals surface area contributed by atoms with E-state index in [0.29, 0.717) is 0 Å². The summed E-state index contributed by atoms with van der Waals surface area (Å²) in [7, 11) is 0. The second kappa shape index (κ2) is 10.0. The van der Waals surface area contributed by atoms with Gasteiger partial charge >= 0.3 is 5.97 Å². The summed E-state index contributed by atoms with van der Waals surface area (Å²) in [6.07, 6.45) is 11.7. The molecular weight excluding hydrogens is 240 g/mol. The van der Waals surface area contributed by atoms with Gasteiger partial charge in [-0.2, -0.15) is 0 Å². The lowest BCUT2D eigenvalue weighted by atomic mass is 9.94. The predicted molar refractivity (Wildman–Crippen MR) is 77.0 cm³/mol. The lowest BCUT2D eigenvalue weighted by Crippen LogP contribution is -2.36. The molecule has 0 radical (unpaired) electrons. The highest BCUT2D eigenvalue weighted by Crippen LogP contribution is 2.24. The van der Waals surface area contributed by atoms with Crippen molar-refractivity contribution in [3.63, 3.8) is 0 Å². The summed E-state index contributed by atoms with van der Waals surface area (Å²) in [6, 6.07) is 0. The van der Waals surface area contributed by atoms with Gasteiger partial charge in [0, 0.05) is 12.7 Å². The lowest BCUT2D eigenvalue weighted by Gasteiger charge is -2.30. The molecule has 2 unspecified atom stereocenters. The largest absolute Gasteiger partial charge is 0.456 e. The van der Waals surface area contributed by atoms with E-state index >= 15 is 0 Å². The van der Waals surface area contributed by atoms with Gasteiger partial charge in [-0.15, -0.1) is 0 Å². The van der Waals surface area contributed by atoms with Crippen LogP contribution in [0.5, 0.6) is 0 Å². The van der Waals surface area contributed by atoms with Crippen molar-refractivity contribution < 1.29 is 14.3 Å². The molecule has 0 amide bonds. The Morgan fingerprint density at radius 3 is 2.53 bits per heavy atom. The standard InChI is InChI=1S/C16H28O3/c1-3-5-6-7-10-13-18-14-11-8-9-12-15(14)19-16(17)4-2/h4,14-15H,2-3,5-13H2,1H3. The molecule has 0 aromatic heterocycles. The first-order valence-electron chi connectivity index (χ1n) is 7.72. The van der Waals surface area contributed by atoms with Gasteiger partial charge in [-0.3, -0.25) is 0 Å². The van der Waals surface area contributed by atoms with E-state index in [1.807, 2.05) is 0 Å². The zero-order valence-electron chi connectivity index (χ0n) is 12.2. The molecule has 0 spiro atoms. The maximum Gasteiger partial charge on any atom is 0.330 e. The summed E-state index contributed by atoms with van der Waals surface area (Å²) in [5, 5.41) is 0. The second-order valence-electron chi connectivity index (χ2n) is 5.29. The first-order chi connectivity index (χ1) is 9.27. The molecule has 0 saturated heterocycles. The zero-order valence-corrected chi connectivity index (χ0v) is 12.2. The fourth-order valence-corrected chi connectivity index (χ4v) is 2.53. The molecular formula is C16H28O3. The molecule has 3 heteroatoms. The number of hydrogen-bond acceptors (Lipinski definition) is 3. The van der Waals surface area contributed by atoms with E-state index in [0.717, 1.165) is 32.3 Å². The summed E-state index contributed by atoms with van der Waals surface area (Å²) in [5.74, 6) is -0.330. The van der Waals surface area contributed by atoms with E-state index in [-0.39, 0.29) is 18.2 Å². The van der Waals surface area contributed by atoms with E-state index in [1.165, 1.54) is 38.2 Å². The topological polar surface area (TPSA) is 35.5 Å². The minimum atomic E-state index is -0.330. The summed E-state index contributed by atoms with van der Waals surface area (Å²) < 4.78 is 11.3. The van der Waals surface area contributed by atoms with Gasteiger partial charge in [0.2, 0.25) is 0 Å². The number of carbonyl (C=O) groups is 1. The quantitative estimate of drug-likeness (QED) is 0.360. The first-order valence-corrected chi connectivity index (χ1v) is 7.72. The van der Waals surface area contributed by atoms with Gasteiger partial charge in [0.15, 0.2) is 0 Å². The highest BCUT2D eigenvalue weighted by Gasteiger charge is 2.28. The van der Waals surface area contributed by atoms with E-state index < -0.39 is 0 Å².